The molecule has 100 valence electrons. The smallest absolute Gasteiger partial charge is 0.214 e. The lowest BCUT2D eigenvalue weighted by Gasteiger charge is -2.11. The van der Waals surface area contributed by atoms with Crippen molar-refractivity contribution in [1.82, 2.24) is 20.2 Å². The normalized spacial score (nSPS) is 16.1. The first kappa shape index (κ1) is 12.7. The molecule has 1 aliphatic carbocycles. The molecule has 5 nitrogen and oxygen atoms in total. The van der Waals surface area contributed by atoms with Gasteiger partial charge in [0, 0.05) is 15.6 Å². The van der Waals surface area contributed by atoms with Crippen LogP contribution in [0.15, 0.2) is 28.3 Å². The van der Waals surface area contributed by atoms with E-state index in [1.165, 1.54) is 24.6 Å². The van der Waals surface area contributed by atoms with Crippen LogP contribution in [0.25, 0.3) is 0 Å². The number of hydrogen-bond donors (Lipinski definition) is 1. The Morgan fingerprint density at radius 3 is 2.84 bits per heavy atom. The highest BCUT2D eigenvalue weighted by atomic mass is 35.5. The second kappa shape index (κ2) is 5.38. The number of rotatable bonds is 3. The first-order valence-corrected chi connectivity index (χ1v) is 7.44. The minimum Gasteiger partial charge on any atom is -0.398 e. The van der Waals surface area contributed by atoms with E-state index in [9.17, 15) is 0 Å². The first-order chi connectivity index (χ1) is 9.24. The second-order valence-electron chi connectivity index (χ2n) is 4.63. The number of benzene rings is 1. The average Bonchev–Trinajstić information content (AvgIpc) is 3.03. The van der Waals surface area contributed by atoms with Crippen molar-refractivity contribution in [2.45, 2.75) is 41.8 Å². The third-order valence-corrected chi connectivity index (χ3v) is 4.58. The van der Waals surface area contributed by atoms with Crippen LogP contribution in [0.1, 0.15) is 31.7 Å². The molecule has 1 aromatic heterocycles. The summed E-state index contributed by atoms with van der Waals surface area (Å²) in [4.78, 5) is 0.929. The number of hydrogen-bond acceptors (Lipinski definition) is 5. The van der Waals surface area contributed by atoms with Crippen LogP contribution in [0.3, 0.4) is 0 Å². The number of halogens is 1. The lowest BCUT2D eigenvalue weighted by atomic mass is 10.3. The van der Waals surface area contributed by atoms with Gasteiger partial charge in [-0.05, 0) is 53.2 Å². The van der Waals surface area contributed by atoms with Crippen molar-refractivity contribution >= 4 is 29.1 Å². The van der Waals surface area contributed by atoms with E-state index in [4.69, 9.17) is 17.3 Å². The summed E-state index contributed by atoms with van der Waals surface area (Å²) in [5.74, 6) is 0. The first-order valence-electron chi connectivity index (χ1n) is 6.25. The number of aromatic nitrogens is 4. The van der Waals surface area contributed by atoms with Crippen molar-refractivity contribution in [3.8, 4) is 0 Å². The predicted octanol–water partition coefficient (Wildman–Crippen LogP) is 3.18. The fraction of sp³-hybridized carbons (Fsp3) is 0.417. The Balaban J connectivity index is 1.85. The van der Waals surface area contributed by atoms with Gasteiger partial charge in [0.1, 0.15) is 0 Å². The fourth-order valence-electron chi connectivity index (χ4n) is 2.34. The van der Waals surface area contributed by atoms with Crippen molar-refractivity contribution in [1.29, 1.82) is 0 Å². The van der Waals surface area contributed by atoms with Crippen LogP contribution in [0.2, 0.25) is 5.02 Å². The molecular formula is C12H14ClN5S. The Labute approximate surface area is 120 Å². The van der Waals surface area contributed by atoms with Crippen molar-refractivity contribution in [2.75, 3.05) is 5.73 Å². The molecular weight excluding hydrogens is 282 g/mol. The van der Waals surface area contributed by atoms with Gasteiger partial charge in [-0.25, -0.2) is 4.68 Å². The summed E-state index contributed by atoms with van der Waals surface area (Å²) in [6.45, 7) is 0. The van der Waals surface area contributed by atoms with E-state index < -0.39 is 0 Å². The maximum atomic E-state index is 5.96. The highest BCUT2D eigenvalue weighted by Gasteiger charge is 2.22. The Bertz CT molecular complexity index is 579. The maximum Gasteiger partial charge on any atom is 0.214 e. The van der Waals surface area contributed by atoms with E-state index in [0.29, 0.717) is 16.8 Å². The molecule has 1 aromatic carbocycles. The molecule has 0 unspecified atom stereocenters. The zero-order chi connectivity index (χ0) is 13.2. The van der Waals surface area contributed by atoms with Gasteiger partial charge in [-0.15, -0.1) is 5.10 Å². The number of nitrogens with two attached hydrogens (primary N) is 1. The van der Waals surface area contributed by atoms with Gasteiger partial charge in [0.2, 0.25) is 5.16 Å². The molecule has 3 rings (SSSR count). The summed E-state index contributed by atoms with van der Waals surface area (Å²) in [6, 6.07) is 5.89. The largest absolute Gasteiger partial charge is 0.398 e. The maximum absolute atomic E-state index is 5.96. The Morgan fingerprint density at radius 2 is 2.11 bits per heavy atom. The van der Waals surface area contributed by atoms with Gasteiger partial charge in [-0.1, -0.05) is 24.4 Å². The van der Waals surface area contributed by atoms with Gasteiger partial charge in [-0.3, -0.25) is 0 Å². The third kappa shape index (κ3) is 2.69. The molecule has 0 spiro atoms. The van der Waals surface area contributed by atoms with Crippen LogP contribution in [0.5, 0.6) is 0 Å². The number of nitrogens with zero attached hydrogens (tertiary/aromatic N) is 4. The average molecular weight is 296 g/mol. The Kier molecular flexibility index (Phi) is 3.61. The number of anilines is 1. The number of nitrogen functional groups attached to an aromatic ring is 1. The summed E-state index contributed by atoms with van der Waals surface area (Å²) in [5.41, 5.74) is 6.61. The topological polar surface area (TPSA) is 69.6 Å². The lowest BCUT2D eigenvalue weighted by Crippen LogP contribution is -2.08. The monoisotopic (exact) mass is 295 g/mol. The molecule has 2 N–H and O–H groups in total. The fourth-order valence-corrected chi connectivity index (χ4v) is 3.39. The molecule has 0 amide bonds. The van der Waals surface area contributed by atoms with Gasteiger partial charge >= 0.3 is 0 Å². The molecule has 0 bridgehead atoms. The van der Waals surface area contributed by atoms with E-state index in [1.54, 1.807) is 6.07 Å². The minimum atomic E-state index is 0.422. The molecule has 19 heavy (non-hydrogen) atoms. The molecule has 0 aliphatic heterocycles. The van der Waals surface area contributed by atoms with Crippen LogP contribution in [0.4, 0.5) is 5.69 Å². The lowest BCUT2D eigenvalue weighted by molar-refractivity contribution is 0.423. The van der Waals surface area contributed by atoms with Crippen LogP contribution in [-0.4, -0.2) is 20.2 Å². The third-order valence-electron chi connectivity index (χ3n) is 3.31. The molecule has 1 fully saturated rings. The zero-order valence-corrected chi connectivity index (χ0v) is 11.9. The van der Waals surface area contributed by atoms with Crippen molar-refractivity contribution in [3.63, 3.8) is 0 Å². The Hall–Kier alpha value is -1.27. The van der Waals surface area contributed by atoms with Gasteiger partial charge in [0.15, 0.2) is 0 Å². The van der Waals surface area contributed by atoms with Gasteiger partial charge < -0.3 is 5.73 Å². The summed E-state index contributed by atoms with van der Waals surface area (Å²) in [6.07, 6.45) is 4.79. The zero-order valence-electron chi connectivity index (χ0n) is 10.3. The van der Waals surface area contributed by atoms with Crippen molar-refractivity contribution in [2.24, 2.45) is 0 Å². The summed E-state index contributed by atoms with van der Waals surface area (Å²) in [7, 11) is 0. The minimum absolute atomic E-state index is 0.422. The van der Waals surface area contributed by atoms with E-state index in [0.717, 1.165) is 22.9 Å². The predicted molar refractivity (Wildman–Crippen MR) is 75.3 cm³/mol. The van der Waals surface area contributed by atoms with Gasteiger partial charge in [-0.2, -0.15) is 0 Å². The summed E-state index contributed by atoms with van der Waals surface area (Å²) >= 11 is 7.39. The van der Waals surface area contributed by atoms with Crippen LogP contribution in [-0.2, 0) is 0 Å². The molecule has 1 heterocycles. The highest BCUT2D eigenvalue weighted by molar-refractivity contribution is 7.99. The van der Waals surface area contributed by atoms with Gasteiger partial charge in [0.25, 0.3) is 0 Å². The SMILES string of the molecule is Nc1cc(Cl)ccc1Sc1nnnn1C1CCCC1. The molecule has 2 aromatic rings. The highest BCUT2D eigenvalue weighted by Crippen LogP contribution is 2.36. The molecule has 7 heteroatoms. The second-order valence-corrected chi connectivity index (χ2v) is 6.07. The van der Waals surface area contributed by atoms with Crippen molar-refractivity contribution < 1.29 is 0 Å². The van der Waals surface area contributed by atoms with Gasteiger partial charge in [0.05, 0.1) is 6.04 Å². The van der Waals surface area contributed by atoms with E-state index in [2.05, 4.69) is 15.5 Å². The van der Waals surface area contributed by atoms with E-state index >= 15 is 0 Å². The van der Waals surface area contributed by atoms with Crippen LogP contribution >= 0.6 is 23.4 Å². The molecule has 0 radical (unpaired) electrons. The Morgan fingerprint density at radius 1 is 1.32 bits per heavy atom. The molecule has 1 saturated carbocycles. The standard InChI is InChI=1S/C12H14ClN5S/c13-8-5-6-11(10(14)7-8)19-12-15-16-17-18(12)9-3-1-2-4-9/h5-7,9H,1-4,14H2. The van der Waals surface area contributed by atoms with E-state index in [1.807, 2.05) is 16.8 Å². The van der Waals surface area contributed by atoms with Crippen LogP contribution < -0.4 is 5.73 Å². The van der Waals surface area contributed by atoms with Crippen molar-refractivity contribution in [3.05, 3.63) is 23.2 Å². The molecule has 1 aliphatic rings. The summed E-state index contributed by atoms with van der Waals surface area (Å²) in [5, 5.41) is 13.4. The summed E-state index contributed by atoms with van der Waals surface area (Å²) < 4.78 is 1.92. The van der Waals surface area contributed by atoms with E-state index in [-0.39, 0.29) is 0 Å². The quantitative estimate of drug-likeness (QED) is 0.881. The van der Waals surface area contributed by atoms with Crippen LogP contribution in [0, 0.1) is 0 Å². The molecule has 0 atom stereocenters. The molecule has 0 saturated heterocycles. The number of tetrazole rings is 1.